The molecule has 0 aromatic heterocycles. The Bertz CT molecular complexity index is 670. The summed E-state index contributed by atoms with van der Waals surface area (Å²) in [5.41, 5.74) is 2.15. The van der Waals surface area contributed by atoms with Crippen molar-refractivity contribution in [3.8, 4) is 11.5 Å². The number of rotatable bonds is 4. The number of hydrogen-bond donors (Lipinski definition) is 2. The maximum Gasteiger partial charge on any atom is 0.128 e. The van der Waals surface area contributed by atoms with Crippen LogP contribution >= 0.6 is 11.6 Å². The van der Waals surface area contributed by atoms with Crippen molar-refractivity contribution in [2.75, 3.05) is 38.2 Å². The number of halogens is 1. The summed E-state index contributed by atoms with van der Waals surface area (Å²) < 4.78 is 5.13. The van der Waals surface area contributed by atoms with Crippen LogP contribution in [0.3, 0.4) is 0 Å². The average Bonchev–Trinajstić information content (AvgIpc) is 2.57. The van der Waals surface area contributed by atoms with Crippen molar-refractivity contribution in [3.05, 3.63) is 53.1 Å². The molecule has 1 aliphatic heterocycles. The minimum atomic E-state index is 0.314. The molecule has 0 amide bonds. The first-order valence-electron chi connectivity index (χ1n) is 7.85. The van der Waals surface area contributed by atoms with Gasteiger partial charge in [0, 0.05) is 22.3 Å². The van der Waals surface area contributed by atoms with Crippen LogP contribution < -0.4 is 14.5 Å². The van der Waals surface area contributed by atoms with E-state index in [-0.39, 0.29) is 0 Å². The predicted octanol–water partition coefficient (Wildman–Crippen LogP) is 1.96. The molecule has 0 aliphatic carbocycles. The number of phenolic OH excluding ortho intramolecular Hbond substituents is 1. The molecule has 1 aliphatic rings. The van der Waals surface area contributed by atoms with Crippen molar-refractivity contribution < 1.29 is 14.7 Å². The number of aromatic hydroxyl groups is 1. The highest BCUT2D eigenvalue weighted by Crippen LogP contribution is 2.23. The Kier molecular flexibility index (Phi) is 4.94. The van der Waals surface area contributed by atoms with E-state index < -0.39 is 0 Å². The summed E-state index contributed by atoms with van der Waals surface area (Å²) in [4.78, 5) is 3.84. The second-order valence-electron chi connectivity index (χ2n) is 5.89. The van der Waals surface area contributed by atoms with Crippen LogP contribution in [-0.2, 0) is 6.54 Å². The molecule has 2 aromatic rings. The normalized spacial score (nSPS) is 15.7. The molecule has 3 rings (SSSR count). The van der Waals surface area contributed by atoms with Crippen molar-refractivity contribution in [2.45, 2.75) is 6.54 Å². The van der Waals surface area contributed by atoms with Gasteiger partial charge in [0.1, 0.15) is 18.0 Å². The van der Waals surface area contributed by atoms with E-state index >= 15 is 0 Å². The molecule has 1 heterocycles. The predicted molar refractivity (Wildman–Crippen MR) is 92.7 cm³/mol. The summed E-state index contributed by atoms with van der Waals surface area (Å²) in [5, 5.41) is 10.9. The Labute approximate surface area is 141 Å². The third-order valence-corrected chi connectivity index (χ3v) is 4.61. The molecule has 0 radical (unpaired) electrons. The van der Waals surface area contributed by atoms with E-state index in [1.165, 1.54) is 10.6 Å². The van der Waals surface area contributed by atoms with Gasteiger partial charge in [-0.05, 0) is 30.3 Å². The zero-order chi connectivity index (χ0) is 16.2. The van der Waals surface area contributed by atoms with Crippen molar-refractivity contribution in [3.63, 3.8) is 0 Å². The van der Waals surface area contributed by atoms with Gasteiger partial charge >= 0.3 is 0 Å². The van der Waals surface area contributed by atoms with E-state index in [4.69, 9.17) is 16.3 Å². The van der Waals surface area contributed by atoms with Crippen LogP contribution in [0.25, 0.3) is 0 Å². The number of methoxy groups -OCH3 is 1. The van der Waals surface area contributed by atoms with Gasteiger partial charge in [0.25, 0.3) is 0 Å². The Morgan fingerprint density at radius 3 is 2.61 bits per heavy atom. The number of anilines is 1. The molecular formula is C18H22ClN2O2+. The number of benzene rings is 2. The zero-order valence-electron chi connectivity index (χ0n) is 13.3. The number of nitrogens with one attached hydrogen (secondary N) is 1. The second-order valence-corrected chi connectivity index (χ2v) is 6.32. The monoisotopic (exact) mass is 333 g/mol. The van der Waals surface area contributed by atoms with E-state index in [1.807, 2.05) is 30.3 Å². The SMILES string of the molecule is COc1ccc(C[NH+]2CCN(c3cccc(Cl)c3)CC2)c(O)c1. The first-order valence-corrected chi connectivity index (χ1v) is 8.23. The number of hydrogen-bond acceptors (Lipinski definition) is 3. The molecular weight excluding hydrogens is 312 g/mol. The highest BCUT2D eigenvalue weighted by atomic mass is 35.5. The summed E-state index contributed by atoms with van der Waals surface area (Å²) >= 11 is 6.07. The lowest BCUT2D eigenvalue weighted by atomic mass is 10.1. The number of piperazine rings is 1. The molecule has 0 bridgehead atoms. The minimum absolute atomic E-state index is 0.314. The lowest BCUT2D eigenvalue weighted by Gasteiger charge is -2.33. The van der Waals surface area contributed by atoms with Gasteiger partial charge in [0.2, 0.25) is 0 Å². The zero-order valence-corrected chi connectivity index (χ0v) is 14.0. The van der Waals surface area contributed by atoms with Crippen molar-refractivity contribution >= 4 is 17.3 Å². The Morgan fingerprint density at radius 1 is 1.17 bits per heavy atom. The lowest BCUT2D eigenvalue weighted by Crippen LogP contribution is -3.13. The van der Waals surface area contributed by atoms with Crippen molar-refractivity contribution in [1.82, 2.24) is 0 Å². The molecule has 23 heavy (non-hydrogen) atoms. The molecule has 0 saturated carbocycles. The van der Waals surface area contributed by atoms with Gasteiger partial charge in [-0.25, -0.2) is 0 Å². The summed E-state index contributed by atoms with van der Waals surface area (Å²) in [6.07, 6.45) is 0. The lowest BCUT2D eigenvalue weighted by molar-refractivity contribution is -0.914. The summed E-state index contributed by atoms with van der Waals surface area (Å²) in [6, 6.07) is 13.5. The average molecular weight is 334 g/mol. The van der Waals surface area contributed by atoms with Gasteiger partial charge < -0.3 is 19.6 Å². The first-order chi connectivity index (χ1) is 11.2. The minimum Gasteiger partial charge on any atom is -0.507 e. The third-order valence-electron chi connectivity index (χ3n) is 4.38. The fourth-order valence-electron chi connectivity index (χ4n) is 3.02. The summed E-state index contributed by atoms with van der Waals surface area (Å²) in [6.45, 7) is 4.90. The largest absolute Gasteiger partial charge is 0.507 e. The van der Waals surface area contributed by atoms with E-state index in [0.29, 0.717) is 11.5 Å². The highest BCUT2D eigenvalue weighted by Gasteiger charge is 2.21. The van der Waals surface area contributed by atoms with Gasteiger partial charge in [0.05, 0.1) is 33.3 Å². The highest BCUT2D eigenvalue weighted by molar-refractivity contribution is 6.30. The standard InChI is InChI=1S/C18H21ClN2O2/c1-23-17-6-5-14(18(22)12-17)13-20-7-9-21(10-8-20)16-4-2-3-15(19)11-16/h2-6,11-12,22H,7-10,13H2,1H3/p+1. The van der Waals surface area contributed by atoms with E-state index in [9.17, 15) is 5.11 Å². The molecule has 1 saturated heterocycles. The van der Waals surface area contributed by atoms with Gasteiger partial charge in [0.15, 0.2) is 0 Å². The quantitative estimate of drug-likeness (QED) is 0.898. The van der Waals surface area contributed by atoms with Crippen LogP contribution in [0.5, 0.6) is 11.5 Å². The molecule has 1 fully saturated rings. The Hall–Kier alpha value is -1.91. The van der Waals surface area contributed by atoms with Gasteiger partial charge in [-0.1, -0.05) is 17.7 Å². The van der Waals surface area contributed by atoms with Crippen LogP contribution in [-0.4, -0.2) is 38.4 Å². The molecule has 4 nitrogen and oxygen atoms in total. The Balaban J connectivity index is 1.59. The van der Waals surface area contributed by atoms with Crippen LogP contribution in [0.4, 0.5) is 5.69 Å². The number of ether oxygens (including phenoxy) is 1. The molecule has 2 aromatic carbocycles. The van der Waals surface area contributed by atoms with Crippen LogP contribution in [0.2, 0.25) is 5.02 Å². The van der Waals surface area contributed by atoms with Crippen LogP contribution in [0, 0.1) is 0 Å². The number of quaternary nitrogens is 1. The smallest absolute Gasteiger partial charge is 0.128 e. The maximum absolute atomic E-state index is 10.1. The molecule has 0 unspecified atom stereocenters. The third kappa shape index (κ3) is 3.89. The molecule has 122 valence electrons. The molecule has 0 atom stereocenters. The summed E-state index contributed by atoms with van der Waals surface area (Å²) in [5.74, 6) is 1.00. The first kappa shape index (κ1) is 16.0. The molecule has 0 spiro atoms. The van der Waals surface area contributed by atoms with E-state index in [0.717, 1.165) is 43.3 Å². The fourth-order valence-corrected chi connectivity index (χ4v) is 3.20. The van der Waals surface area contributed by atoms with Gasteiger partial charge in [-0.15, -0.1) is 0 Å². The maximum atomic E-state index is 10.1. The van der Waals surface area contributed by atoms with Crippen LogP contribution in [0.15, 0.2) is 42.5 Å². The molecule has 5 heteroatoms. The topological polar surface area (TPSA) is 37.1 Å². The summed E-state index contributed by atoms with van der Waals surface area (Å²) in [7, 11) is 1.61. The van der Waals surface area contributed by atoms with Crippen molar-refractivity contribution in [1.29, 1.82) is 0 Å². The van der Waals surface area contributed by atoms with E-state index in [2.05, 4.69) is 11.0 Å². The molecule has 2 N–H and O–H groups in total. The second kappa shape index (κ2) is 7.11. The fraction of sp³-hybridized carbons (Fsp3) is 0.333. The van der Waals surface area contributed by atoms with Crippen LogP contribution in [0.1, 0.15) is 5.56 Å². The Morgan fingerprint density at radius 2 is 1.96 bits per heavy atom. The van der Waals surface area contributed by atoms with Crippen molar-refractivity contribution in [2.24, 2.45) is 0 Å². The number of phenols is 1. The van der Waals surface area contributed by atoms with E-state index in [1.54, 1.807) is 13.2 Å². The number of nitrogens with zero attached hydrogens (tertiary/aromatic N) is 1. The van der Waals surface area contributed by atoms with Gasteiger partial charge in [-0.3, -0.25) is 0 Å². The van der Waals surface area contributed by atoms with Gasteiger partial charge in [-0.2, -0.15) is 0 Å².